The van der Waals surface area contributed by atoms with E-state index in [0.717, 1.165) is 12.1 Å². The summed E-state index contributed by atoms with van der Waals surface area (Å²) in [6.07, 6.45) is -0.496. The van der Waals surface area contributed by atoms with Gasteiger partial charge < -0.3 is 15.2 Å². The molecule has 0 aliphatic rings. The molecule has 1 rings (SSSR count). The minimum absolute atomic E-state index is 0.0277. The van der Waals surface area contributed by atoms with Crippen LogP contribution in [0, 0.1) is 5.82 Å². The molecule has 0 unspecified atom stereocenters. The summed E-state index contributed by atoms with van der Waals surface area (Å²) in [5, 5.41) is 11.1. The molecule has 1 aromatic carbocycles. The van der Waals surface area contributed by atoms with Gasteiger partial charge in [-0.3, -0.25) is 9.59 Å². The first-order valence-corrected chi connectivity index (χ1v) is 5.89. The molecule has 0 aromatic heterocycles. The second-order valence-corrected chi connectivity index (χ2v) is 3.88. The Kier molecular flexibility index (Phi) is 5.64. The number of carboxylic acid groups (broad SMARTS) is 1. The van der Waals surface area contributed by atoms with Crippen LogP contribution in [-0.2, 0) is 14.3 Å². The summed E-state index contributed by atoms with van der Waals surface area (Å²) in [5.41, 5.74) is -0.0277. The molecule has 1 atom stereocenters. The molecule has 108 valence electrons. The number of ether oxygens (including phenoxy) is 1. The second-order valence-electron chi connectivity index (χ2n) is 3.88. The van der Waals surface area contributed by atoms with Gasteiger partial charge in [0.1, 0.15) is 11.9 Å². The van der Waals surface area contributed by atoms with Crippen LogP contribution in [0.25, 0.3) is 0 Å². The number of carbonyl (C=O) groups excluding carboxylic acids is 2. The maximum Gasteiger partial charge on any atom is 0.326 e. The fourth-order valence-electron chi connectivity index (χ4n) is 1.46. The van der Waals surface area contributed by atoms with Crippen molar-refractivity contribution in [2.24, 2.45) is 0 Å². The molecule has 0 radical (unpaired) electrons. The lowest BCUT2D eigenvalue weighted by molar-refractivity contribution is -0.149. The summed E-state index contributed by atoms with van der Waals surface area (Å²) < 4.78 is 17.6. The molecule has 0 aliphatic heterocycles. The Morgan fingerprint density at radius 3 is 2.65 bits per heavy atom. The number of benzene rings is 1. The minimum Gasteiger partial charge on any atom is -0.480 e. The van der Waals surface area contributed by atoms with Gasteiger partial charge in [-0.2, -0.15) is 0 Å². The van der Waals surface area contributed by atoms with Crippen LogP contribution < -0.4 is 5.32 Å². The van der Waals surface area contributed by atoms with Crippen LogP contribution in [0.5, 0.6) is 0 Å². The van der Waals surface area contributed by atoms with E-state index in [2.05, 4.69) is 10.1 Å². The molecule has 20 heavy (non-hydrogen) atoms. The Balaban J connectivity index is 2.73. The fraction of sp³-hybridized carbons (Fsp3) is 0.308. The number of carbonyl (C=O) groups is 3. The van der Waals surface area contributed by atoms with Crippen molar-refractivity contribution in [2.45, 2.75) is 19.4 Å². The van der Waals surface area contributed by atoms with Crippen molar-refractivity contribution in [2.75, 3.05) is 6.61 Å². The molecule has 0 bridgehead atoms. The standard InChI is InChI=1S/C13H14FNO5/c1-2-20-11(16)7-10(13(18)19)15-12(17)8-4-3-5-9(14)6-8/h3-6,10H,2,7H2,1H3,(H,15,17)(H,18,19)/t10-/m1/s1. The topological polar surface area (TPSA) is 92.7 Å². The van der Waals surface area contributed by atoms with E-state index >= 15 is 0 Å². The number of hydrogen-bond donors (Lipinski definition) is 2. The molecule has 1 aromatic rings. The van der Waals surface area contributed by atoms with Crippen LogP contribution in [0.15, 0.2) is 24.3 Å². The van der Waals surface area contributed by atoms with Crippen LogP contribution in [0.3, 0.4) is 0 Å². The van der Waals surface area contributed by atoms with Crippen LogP contribution in [0.4, 0.5) is 4.39 Å². The maximum atomic E-state index is 13.0. The van der Waals surface area contributed by atoms with Gasteiger partial charge >= 0.3 is 11.9 Å². The van der Waals surface area contributed by atoms with Crippen molar-refractivity contribution < 1.29 is 28.6 Å². The van der Waals surface area contributed by atoms with Gasteiger partial charge in [0, 0.05) is 5.56 Å². The van der Waals surface area contributed by atoms with Crippen LogP contribution in [0.1, 0.15) is 23.7 Å². The van der Waals surface area contributed by atoms with Crippen molar-refractivity contribution in [3.8, 4) is 0 Å². The molecule has 0 fully saturated rings. The van der Waals surface area contributed by atoms with E-state index in [9.17, 15) is 18.8 Å². The number of halogens is 1. The van der Waals surface area contributed by atoms with Gasteiger partial charge in [0.25, 0.3) is 5.91 Å². The summed E-state index contributed by atoms with van der Waals surface area (Å²) >= 11 is 0. The Morgan fingerprint density at radius 2 is 2.10 bits per heavy atom. The lowest BCUT2D eigenvalue weighted by atomic mass is 10.1. The summed E-state index contributed by atoms with van der Waals surface area (Å²) in [4.78, 5) is 34.0. The normalized spacial score (nSPS) is 11.5. The van der Waals surface area contributed by atoms with Gasteiger partial charge in [0.2, 0.25) is 0 Å². The van der Waals surface area contributed by atoms with Gasteiger partial charge in [0.05, 0.1) is 13.0 Å². The average Bonchev–Trinajstić information content (AvgIpc) is 2.38. The first kappa shape index (κ1) is 15.6. The number of rotatable bonds is 6. The SMILES string of the molecule is CCOC(=O)C[C@@H](NC(=O)c1cccc(F)c1)C(=O)O. The molecule has 0 spiro atoms. The summed E-state index contributed by atoms with van der Waals surface area (Å²) in [5.74, 6) is -3.50. The number of aliphatic carboxylic acids is 1. The predicted octanol–water partition coefficient (Wildman–Crippen LogP) is 0.962. The fourth-order valence-corrected chi connectivity index (χ4v) is 1.46. The van der Waals surface area contributed by atoms with E-state index in [1.54, 1.807) is 6.92 Å². The molecule has 0 aliphatic carbocycles. The van der Waals surface area contributed by atoms with Crippen LogP contribution in [-0.4, -0.2) is 35.6 Å². The van der Waals surface area contributed by atoms with Gasteiger partial charge in [-0.05, 0) is 25.1 Å². The van der Waals surface area contributed by atoms with Crippen molar-refractivity contribution in [3.05, 3.63) is 35.6 Å². The first-order valence-electron chi connectivity index (χ1n) is 5.89. The Labute approximate surface area is 114 Å². The average molecular weight is 283 g/mol. The van der Waals surface area contributed by atoms with Gasteiger partial charge in [-0.15, -0.1) is 0 Å². The molecule has 0 saturated carbocycles. The molecular formula is C13H14FNO5. The monoisotopic (exact) mass is 283 g/mol. The molecule has 0 saturated heterocycles. The van der Waals surface area contributed by atoms with Gasteiger partial charge in [-0.25, -0.2) is 9.18 Å². The van der Waals surface area contributed by atoms with Crippen LogP contribution in [0.2, 0.25) is 0 Å². The van der Waals surface area contributed by atoms with E-state index in [4.69, 9.17) is 5.11 Å². The zero-order chi connectivity index (χ0) is 15.1. The lowest BCUT2D eigenvalue weighted by Gasteiger charge is -2.13. The van der Waals surface area contributed by atoms with E-state index in [1.165, 1.54) is 12.1 Å². The Morgan fingerprint density at radius 1 is 1.40 bits per heavy atom. The molecule has 0 heterocycles. The molecular weight excluding hydrogens is 269 g/mol. The third kappa shape index (κ3) is 4.68. The molecule has 6 nitrogen and oxygen atoms in total. The number of nitrogens with one attached hydrogen (secondary N) is 1. The maximum absolute atomic E-state index is 13.0. The summed E-state index contributed by atoms with van der Waals surface area (Å²) in [6.45, 7) is 1.70. The number of esters is 1. The highest BCUT2D eigenvalue weighted by Gasteiger charge is 2.24. The summed E-state index contributed by atoms with van der Waals surface area (Å²) in [6, 6.07) is 3.36. The lowest BCUT2D eigenvalue weighted by Crippen LogP contribution is -2.42. The van der Waals surface area contributed by atoms with E-state index in [0.29, 0.717) is 0 Å². The Hall–Kier alpha value is -2.44. The second kappa shape index (κ2) is 7.22. The largest absolute Gasteiger partial charge is 0.480 e. The third-order valence-electron chi connectivity index (χ3n) is 2.37. The molecule has 7 heteroatoms. The first-order chi connectivity index (χ1) is 9.43. The summed E-state index contributed by atoms with van der Waals surface area (Å²) in [7, 11) is 0. The third-order valence-corrected chi connectivity index (χ3v) is 2.37. The Bertz CT molecular complexity index is 517. The van der Waals surface area contributed by atoms with E-state index < -0.39 is 36.1 Å². The quantitative estimate of drug-likeness (QED) is 0.759. The van der Waals surface area contributed by atoms with Crippen molar-refractivity contribution in [1.29, 1.82) is 0 Å². The number of hydrogen-bond acceptors (Lipinski definition) is 4. The highest BCUT2D eigenvalue weighted by atomic mass is 19.1. The molecule has 1 amide bonds. The highest BCUT2D eigenvalue weighted by Crippen LogP contribution is 2.05. The number of carboxylic acids is 1. The van der Waals surface area contributed by atoms with Crippen molar-refractivity contribution >= 4 is 17.8 Å². The smallest absolute Gasteiger partial charge is 0.326 e. The van der Waals surface area contributed by atoms with Crippen molar-refractivity contribution in [1.82, 2.24) is 5.32 Å². The zero-order valence-electron chi connectivity index (χ0n) is 10.8. The molecule has 2 N–H and O–H groups in total. The van der Waals surface area contributed by atoms with E-state index in [-0.39, 0.29) is 12.2 Å². The van der Waals surface area contributed by atoms with Gasteiger partial charge in [0.15, 0.2) is 0 Å². The number of amides is 1. The highest BCUT2D eigenvalue weighted by molar-refractivity contribution is 5.97. The van der Waals surface area contributed by atoms with E-state index in [1.807, 2.05) is 0 Å². The van der Waals surface area contributed by atoms with Gasteiger partial charge in [-0.1, -0.05) is 6.07 Å². The van der Waals surface area contributed by atoms with Crippen LogP contribution >= 0.6 is 0 Å². The minimum atomic E-state index is -1.43. The predicted molar refractivity (Wildman–Crippen MR) is 66.5 cm³/mol. The van der Waals surface area contributed by atoms with Crippen molar-refractivity contribution in [3.63, 3.8) is 0 Å². The zero-order valence-corrected chi connectivity index (χ0v) is 10.8.